The van der Waals surface area contributed by atoms with Crippen molar-refractivity contribution in [3.05, 3.63) is 0 Å². The van der Waals surface area contributed by atoms with E-state index in [0.29, 0.717) is 0 Å². The summed E-state index contributed by atoms with van der Waals surface area (Å²) in [5.41, 5.74) is 0. The van der Waals surface area contributed by atoms with Gasteiger partial charge in [-0.1, -0.05) is 13.8 Å². The lowest BCUT2D eigenvalue weighted by Crippen LogP contribution is -2.41. The second-order valence-corrected chi connectivity index (χ2v) is 6.19. The molecule has 0 aromatic rings. The third-order valence-electron chi connectivity index (χ3n) is 3.63. The molecule has 0 bridgehead atoms. The van der Waals surface area contributed by atoms with Crippen LogP contribution >= 0.6 is 0 Å². The van der Waals surface area contributed by atoms with Gasteiger partial charge in [-0.15, -0.1) is 0 Å². The molecule has 1 saturated heterocycles. The lowest BCUT2D eigenvalue weighted by molar-refractivity contribution is 0.126. The molecule has 1 rings (SSSR count). The predicted octanol–water partition coefficient (Wildman–Crippen LogP) is 2.69. The fraction of sp³-hybridized carbons (Fsp3) is 1.00. The molecule has 0 aromatic heterocycles. The SMILES string of the molecule is CC(C)CN(C)CC1CCN(C(C)C)CC1. The zero-order valence-corrected chi connectivity index (χ0v) is 11.9. The molecule has 0 atom stereocenters. The van der Waals surface area contributed by atoms with Crippen molar-refractivity contribution in [2.75, 3.05) is 33.2 Å². The summed E-state index contributed by atoms with van der Waals surface area (Å²) in [6, 6.07) is 0.731. The van der Waals surface area contributed by atoms with E-state index in [1.807, 2.05) is 0 Å². The molecule has 0 radical (unpaired) electrons. The number of piperidine rings is 1. The van der Waals surface area contributed by atoms with Crippen molar-refractivity contribution in [1.82, 2.24) is 9.80 Å². The molecule has 2 heteroatoms. The molecule has 96 valence electrons. The Bertz CT molecular complexity index is 181. The first-order valence-corrected chi connectivity index (χ1v) is 6.91. The van der Waals surface area contributed by atoms with E-state index in [1.54, 1.807) is 0 Å². The molecule has 0 aromatic carbocycles. The summed E-state index contributed by atoms with van der Waals surface area (Å²) < 4.78 is 0. The van der Waals surface area contributed by atoms with E-state index in [4.69, 9.17) is 0 Å². The van der Waals surface area contributed by atoms with E-state index >= 15 is 0 Å². The normalized spacial score (nSPS) is 20.2. The van der Waals surface area contributed by atoms with Crippen molar-refractivity contribution in [1.29, 1.82) is 0 Å². The van der Waals surface area contributed by atoms with Gasteiger partial charge in [0.25, 0.3) is 0 Å². The van der Waals surface area contributed by atoms with Crippen LogP contribution in [0.5, 0.6) is 0 Å². The molecule has 1 aliphatic rings. The molecule has 0 amide bonds. The molecule has 1 aliphatic heterocycles. The van der Waals surface area contributed by atoms with Crippen LogP contribution in [0.25, 0.3) is 0 Å². The molecule has 1 heterocycles. The van der Waals surface area contributed by atoms with Gasteiger partial charge < -0.3 is 9.80 Å². The first-order chi connectivity index (χ1) is 7.49. The van der Waals surface area contributed by atoms with E-state index in [2.05, 4.69) is 44.5 Å². The van der Waals surface area contributed by atoms with Crippen molar-refractivity contribution >= 4 is 0 Å². The van der Waals surface area contributed by atoms with Gasteiger partial charge in [-0.25, -0.2) is 0 Å². The van der Waals surface area contributed by atoms with Gasteiger partial charge in [0.2, 0.25) is 0 Å². The minimum absolute atomic E-state index is 0.731. The van der Waals surface area contributed by atoms with Gasteiger partial charge >= 0.3 is 0 Å². The van der Waals surface area contributed by atoms with Crippen LogP contribution in [-0.4, -0.2) is 49.1 Å². The first kappa shape index (κ1) is 14.0. The maximum absolute atomic E-state index is 2.61. The van der Waals surface area contributed by atoms with Gasteiger partial charge in [0.1, 0.15) is 0 Å². The average molecular weight is 226 g/mol. The number of rotatable bonds is 5. The molecular formula is C14H30N2. The molecule has 1 fully saturated rings. The Hall–Kier alpha value is -0.0800. The van der Waals surface area contributed by atoms with Crippen molar-refractivity contribution in [2.24, 2.45) is 11.8 Å². The summed E-state index contributed by atoms with van der Waals surface area (Å²) in [4.78, 5) is 5.12. The van der Waals surface area contributed by atoms with Gasteiger partial charge in [0.05, 0.1) is 0 Å². The molecule has 0 saturated carbocycles. The summed E-state index contributed by atoms with van der Waals surface area (Å²) in [6.45, 7) is 14.4. The summed E-state index contributed by atoms with van der Waals surface area (Å²) in [7, 11) is 2.27. The molecule has 0 spiro atoms. The Morgan fingerprint density at radius 2 is 1.69 bits per heavy atom. The van der Waals surface area contributed by atoms with E-state index in [-0.39, 0.29) is 0 Å². The Kier molecular flexibility index (Phi) is 5.77. The minimum Gasteiger partial charge on any atom is -0.306 e. The lowest BCUT2D eigenvalue weighted by Gasteiger charge is -2.36. The van der Waals surface area contributed by atoms with Crippen molar-refractivity contribution in [2.45, 2.75) is 46.6 Å². The number of likely N-dealkylation sites (tertiary alicyclic amines) is 1. The average Bonchev–Trinajstić information content (AvgIpc) is 2.16. The van der Waals surface area contributed by atoms with E-state index in [0.717, 1.165) is 17.9 Å². The summed E-state index contributed by atoms with van der Waals surface area (Å²) in [5.74, 6) is 1.72. The molecular weight excluding hydrogens is 196 g/mol. The maximum atomic E-state index is 2.61. The fourth-order valence-corrected chi connectivity index (χ4v) is 2.79. The van der Waals surface area contributed by atoms with Crippen LogP contribution in [-0.2, 0) is 0 Å². The van der Waals surface area contributed by atoms with Gasteiger partial charge in [-0.05, 0) is 58.7 Å². The number of hydrogen-bond donors (Lipinski definition) is 0. The third kappa shape index (κ3) is 4.84. The zero-order chi connectivity index (χ0) is 12.1. The van der Waals surface area contributed by atoms with Crippen LogP contribution in [0.2, 0.25) is 0 Å². The summed E-state index contributed by atoms with van der Waals surface area (Å²) in [5, 5.41) is 0. The molecule has 16 heavy (non-hydrogen) atoms. The molecule has 0 aliphatic carbocycles. The smallest absolute Gasteiger partial charge is 0.00385 e. The van der Waals surface area contributed by atoms with E-state index < -0.39 is 0 Å². The second-order valence-electron chi connectivity index (χ2n) is 6.19. The largest absolute Gasteiger partial charge is 0.306 e. The Labute approximate surface area is 102 Å². The van der Waals surface area contributed by atoms with Crippen LogP contribution in [0.15, 0.2) is 0 Å². The molecule has 2 nitrogen and oxygen atoms in total. The predicted molar refractivity (Wildman–Crippen MR) is 71.8 cm³/mol. The first-order valence-electron chi connectivity index (χ1n) is 6.91. The molecule has 0 unspecified atom stereocenters. The highest BCUT2D eigenvalue weighted by molar-refractivity contribution is 4.76. The molecule has 0 N–H and O–H groups in total. The monoisotopic (exact) mass is 226 g/mol. The van der Waals surface area contributed by atoms with Crippen LogP contribution in [0.1, 0.15) is 40.5 Å². The fourth-order valence-electron chi connectivity index (χ4n) is 2.79. The highest BCUT2D eigenvalue weighted by Gasteiger charge is 2.21. The summed E-state index contributed by atoms with van der Waals surface area (Å²) in [6.07, 6.45) is 2.78. The Morgan fingerprint density at radius 1 is 1.12 bits per heavy atom. The van der Waals surface area contributed by atoms with Crippen molar-refractivity contribution in [3.63, 3.8) is 0 Å². The quantitative estimate of drug-likeness (QED) is 0.711. The maximum Gasteiger partial charge on any atom is 0.00385 e. The number of hydrogen-bond acceptors (Lipinski definition) is 2. The Morgan fingerprint density at radius 3 is 2.12 bits per heavy atom. The van der Waals surface area contributed by atoms with Gasteiger partial charge in [-0.3, -0.25) is 0 Å². The number of nitrogens with zero attached hydrogens (tertiary/aromatic N) is 2. The summed E-state index contributed by atoms with van der Waals surface area (Å²) >= 11 is 0. The Balaban J connectivity index is 2.21. The second kappa shape index (κ2) is 6.61. The highest BCUT2D eigenvalue weighted by atomic mass is 15.2. The van der Waals surface area contributed by atoms with Crippen molar-refractivity contribution in [3.8, 4) is 0 Å². The van der Waals surface area contributed by atoms with Gasteiger partial charge in [0, 0.05) is 19.1 Å². The van der Waals surface area contributed by atoms with Crippen LogP contribution < -0.4 is 0 Å². The van der Waals surface area contributed by atoms with Crippen LogP contribution in [0, 0.1) is 11.8 Å². The standard InChI is InChI=1S/C14H30N2/c1-12(2)10-15(5)11-14-6-8-16(9-7-14)13(3)4/h12-14H,6-11H2,1-5H3. The van der Waals surface area contributed by atoms with Crippen molar-refractivity contribution < 1.29 is 0 Å². The topological polar surface area (TPSA) is 6.48 Å². The third-order valence-corrected chi connectivity index (χ3v) is 3.63. The van der Waals surface area contributed by atoms with Gasteiger partial charge in [0.15, 0.2) is 0 Å². The van der Waals surface area contributed by atoms with E-state index in [1.165, 1.54) is 39.0 Å². The lowest BCUT2D eigenvalue weighted by atomic mass is 9.95. The van der Waals surface area contributed by atoms with E-state index in [9.17, 15) is 0 Å². The van der Waals surface area contributed by atoms with Crippen LogP contribution in [0.4, 0.5) is 0 Å². The highest BCUT2D eigenvalue weighted by Crippen LogP contribution is 2.19. The van der Waals surface area contributed by atoms with Crippen LogP contribution in [0.3, 0.4) is 0 Å². The minimum atomic E-state index is 0.731. The zero-order valence-electron chi connectivity index (χ0n) is 11.9. The van der Waals surface area contributed by atoms with Gasteiger partial charge in [-0.2, -0.15) is 0 Å².